The average molecular weight is 718 g/mol. The number of β-amino-alcohol motifs (C(OH)–C–C–N with tert-alkyl or cyclic N) is 3. The molecule has 0 amide bonds. The van der Waals surface area contributed by atoms with E-state index in [9.17, 15) is 15.3 Å². The van der Waals surface area contributed by atoms with E-state index in [0.717, 1.165) is 38.5 Å². The van der Waals surface area contributed by atoms with Gasteiger partial charge in [-0.3, -0.25) is 14.7 Å². The second-order valence-electron chi connectivity index (χ2n) is 19.8. The van der Waals surface area contributed by atoms with Crippen molar-refractivity contribution in [1.82, 2.24) is 29.7 Å². The van der Waals surface area contributed by atoms with Crippen LogP contribution in [0.4, 0.5) is 17.8 Å². The SMILES string of the molecule is CN(c1nc(N(C)C2CC(C)(C)N(CCO)C(C)(C)C2)nc(N(C)C2CC(C)(C)N(CCO)C(C)(C)C2)n1)C1CC(C)(C)N(CCO)C(C)(C)C1. The second-order valence-corrected chi connectivity index (χ2v) is 19.8. The summed E-state index contributed by atoms with van der Waals surface area (Å²) in [5.74, 6) is 2.06. The lowest BCUT2D eigenvalue weighted by Crippen LogP contribution is -2.65. The molecule has 3 N–H and O–H groups in total. The molecule has 0 aliphatic carbocycles. The fourth-order valence-corrected chi connectivity index (χ4v) is 11.0. The molecule has 3 saturated heterocycles. The highest BCUT2D eigenvalue weighted by atomic mass is 16.3. The Morgan fingerprint density at radius 2 is 0.608 bits per heavy atom. The van der Waals surface area contributed by atoms with Gasteiger partial charge in [-0.05, 0) is 122 Å². The maximum absolute atomic E-state index is 9.91. The zero-order valence-electron chi connectivity index (χ0n) is 35.1. The molecule has 0 atom stereocenters. The highest BCUT2D eigenvalue weighted by molar-refractivity contribution is 5.48. The van der Waals surface area contributed by atoms with Crippen LogP contribution >= 0.6 is 0 Å². The van der Waals surface area contributed by atoms with Gasteiger partial charge in [0.1, 0.15) is 0 Å². The third-order valence-electron chi connectivity index (χ3n) is 13.0. The smallest absolute Gasteiger partial charge is 0.231 e. The summed E-state index contributed by atoms with van der Waals surface area (Å²) in [5.41, 5.74) is -0.696. The van der Waals surface area contributed by atoms with Crippen LogP contribution in [0.3, 0.4) is 0 Å². The van der Waals surface area contributed by atoms with Gasteiger partial charge in [0.05, 0.1) is 19.8 Å². The van der Waals surface area contributed by atoms with Gasteiger partial charge in [-0.1, -0.05) is 0 Å². The quantitative estimate of drug-likeness (QED) is 0.288. The largest absolute Gasteiger partial charge is 0.395 e. The third-order valence-corrected chi connectivity index (χ3v) is 13.0. The van der Waals surface area contributed by atoms with Crippen molar-refractivity contribution in [2.75, 3.05) is 75.3 Å². The first kappa shape index (κ1) is 41.9. The Morgan fingerprint density at radius 3 is 0.765 bits per heavy atom. The average Bonchev–Trinajstić information content (AvgIpc) is 2.99. The summed E-state index contributed by atoms with van der Waals surface area (Å²) < 4.78 is 0. The van der Waals surface area contributed by atoms with Gasteiger partial charge in [0, 0.05) is 92.1 Å². The number of aliphatic hydroxyl groups is 3. The number of hydrogen-bond acceptors (Lipinski definition) is 12. The fourth-order valence-electron chi connectivity index (χ4n) is 11.0. The Balaban J connectivity index is 1.76. The van der Waals surface area contributed by atoms with Crippen LogP contribution in [0.15, 0.2) is 0 Å². The summed E-state index contributed by atoms with van der Waals surface area (Å²) in [7, 11) is 6.42. The molecule has 4 rings (SSSR count). The molecule has 3 aliphatic heterocycles. The van der Waals surface area contributed by atoms with Crippen LogP contribution in [0.2, 0.25) is 0 Å². The number of piperidine rings is 3. The maximum atomic E-state index is 9.91. The fraction of sp³-hybridized carbons (Fsp3) is 0.923. The van der Waals surface area contributed by atoms with Crippen LogP contribution < -0.4 is 14.7 Å². The van der Waals surface area contributed by atoms with Gasteiger partial charge < -0.3 is 30.0 Å². The van der Waals surface area contributed by atoms with E-state index in [4.69, 9.17) is 15.0 Å². The first-order valence-electron chi connectivity index (χ1n) is 19.4. The lowest BCUT2D eigenvalue weighted by atomic mass is 9.76. The van der Waals surface area contributed by atoms with E-state index in [2.05, 4.69) is 134 Å². The first-order chi connectivity index (χ1) is 23.3. The van der Waals surface area contributed by atoms with E-state index >= 15 is 0 Å². The number of aromatic nitrogens is 3. The van der Waals surface area contributed by atoms with Gasteiger partial charge in [-0.25, -0.2) is 0 Å². The van der Waals surface area contributed by atoms with Crippen LogP contribution in [0.1, 0.15) is 122 Å². The van der Waals surface area contributed by atoms with Crippen LogP contribution in [0.5, 0.6) is 0 Å². The van der Waals surface area contributed by atoms with Crippen molar-refractivity contribution in [3.8, 4) is 0 Å². The minimum atomic E-state index is -0.116. The Hall–Kier alpha value is -1.83. The Morgan fingerprint density at radius 1 is 0.431 bits per heavy atom. The van der Waals surface area contributed by atoms with Gasteiger partial charge >= 0.3 is 0 Å². The van der Waals surface area contributed by atoms with Crippen molar-refractivity contribution < 1.29 is 15.3 Å². The molecule has 0 radical (unpaired) electrons. The molecule has 0 spiro atoms. The van der Waals surface area contributed by atoms with Crippen LogP contribution in [0.25, 0.3) is 0 Å². The zero-order valence-corrected chi connectivity index (χ0v) is 35.1. The number of hydrogen-bond donors (Lipinski definition) is 3. The number of aliphatic hydroxyl groups excluding tert-OH is 3. The van der Waals surface area contributed by atoms with Gasteiger partial charge in [0.25, 0.3) is 0 Å². The van der Waals surface area contributed by atoms with E-state index in [1.165, 1.54) is 0 Å². The summed E-state index contributed by atoms with van der Waals surface area (Å²) >= 11 is 0. The predicted molar refractivity (Wildman–Crippen MR) is 210 cm³/mol. The second kappa shape index (κ2) is 14.8. The summed E-state index contributed by atoms with van der Waals surface area (Å²) in [6, 6.07) is 0.591. The molecular formula is C39H75N9O3. The number of likely N-dealkylation sites (tertiary alicyclic amines) is 3. The van der Waals surface area contributed by atoms with Crippen molar-refractivity contribution in [3.05, 3.63) is 0 Å². The van der Waals surface area contributed by atoms with E-state index < -0.39 is 0 Å². The Labute approximate surface area is 310 Å². The van der Waals surface area contributed by atoms with Gasteiger partial charge in [-0.15, -0.1) is 0 Å². The summed E-state index contributed by atoms with van der Waals surface area (Å²) in [6.45, 7) is 29.8. The third kappa shape index (κ3) is 8.62. The summed E-state index contributed by atoms with van der Waals surface area (Å²) in [5, 5.41) is 29.7. The van der Waals surface area contributed by atoms with E-state index in [-0.39, 0.29) is 71.2 Å². The topological polar surface area (TPSA) is 119 Å². The number of anilines is 3. The molecule has 4 heterocycles. The number of rotatable bonds is 12. The molecule has 51 heavy (non-hydrogen) atoms. The lowest BCUT2D eigenvalue weighted by Gasteiger charge is -2.57. The van der Waals surface area contributed by atoms with E-state index in [1.54, 1.807) is 0 Å². The Bertz CT molecular complexity index is 1110. The van der Waals surface area contributed by atoms with Gasteiger partial charge in [0.15, 0.2) is 0 Å². The van der Waals surface area contributed by atoms with Crippen molar-refractivity contribution in [2.45, 2.75) is 173 Å². The lowest BCUT2D eigenvalue weighted by molar-refractivity contribution is -0.0443. The molecule has 3 aliphatic rings. The molecule has 294 valence electrons. The monoisotopic (exact) mass is 718 g/mol. The van der Waals surface area contributed by atoms with Crippen LogP contribution in [0, 0.1) is 0 Å². The molecule has 0 saturated carbocycles. The molecule has 12 nitrogen and oxygen atoms in total. The zero-order chi connectivity index (χ0) is 38.5. The van der Waals surface area contributed by atoms with Gasteiger partial charge in [0.2, 0.25) is 17.8 Å². The highest BCUT2D eigenvalue weighted by Crippen LogP contribution is 2.44. The maximum Gasteiger partial charge on any atom is 0.231 e. The molecule has 3 fully saturated rings. The van der Waals surface area contributed by atoms with Crippen LogP contribution in [-0.2, 0) is 0 Å². The predicted octanol–water partition coefficient (Wildman–Crippen LogP) is 4.22. The summed E-state index contributed by atoms with van der Waals surface area (Å²) in [6.07, 6.45) is 5.54. The standard InChI is InChI=1S/C39H75N9O3/c1-34(2)22-28(23-35(3,4)46(34)16-19-49)43(13)31-40-32(44(14)29-24-36(5,6)47(17-20-50)37(7,8)25-29)42-33(41-31)45(15)30-26-38(9,10)48(18-21-51)39(11,12)27-30/h28-30,49-51H,16-27H2,1-15H3. The van der Waals surface area contributed by atoms with Gasteiger partial charge in [-0.2, -0.15) is 15.0 Å². The van der Waals surface area contributed by atoms with Crippen molar-refractivity contribution in [3.63, 3.8) is 0 Å². The van der Waals surface area contributed by atoms with E-state index in [0.29, 0.717) is 37.5 Å². The molecule has 0 bridgehead atoms. The van der Waals surface area contributed by atoms with E-state index in [1.807, 2.05) is 0 Å². The highest BCUT2D eigenvalue weighted by Gasteiger charge is 2.49. The van der Waals surface area contributed by atoms with Crippen LogP contribution in [-0.4, -0.2) is 157 Å². The Kier molecular flexibility index (Phi) is 12.1. The normalized spacial score (nSPS) is 25.5. The van der Waals surface area contributed by atoms with Crippen molar-refractivity contribution in [1.29, 1.82) is 0 Å². The molecule has 12 heteroatoms. The first-order valence-corrected chi connectivity index (χ1v) is 19.4. The molecule has 1 aromatic heterocycles. The molecule has 1 aromatic rings. The van der Waals surface area contributed by atoms with Crippen molar-refractivity contribution >= 4 is 17.8 Å². The van der Waals surface area contributed by atoms with Crippen molar-refractivity contribution in [2.24, 2.45) is 0 Å². The minimum absolute atomic E-state index is 0.116. The minimum Gasteiger partial charge on any atom is -0.395 e. The molecular weight excluding hydrogens is 642 g/mol. The molecule has 0 aromatic carbocycles. The summed E-state index contributed by atoms with van der Waals surface area (Å²) in [4.78, 5) is 30.0. The number of nitrogens with zero attached hydrogens (tertiary/aromatic N) is 9. The molecule has 0 unspecified atom stereocenters.